The summed E-state index contributed by atoms with van der Waals surface area (Å²) < 4.78 is 37.9. The van der Waals surface area contributed by atoms with Gasteiger partial charge in [0.25, 0.3) is 0 Å². The first-order valence-corrected chi connectivity index (χ1v) is 9.33. The van der Waals surface area contributed by atoms with Crippen LogP contribution in [0.4, 0.5) is 0 Å². The Morgan fingerprint density at radius 2 is 1.40 bits per heavy atom. The van der Waals surface area contributed by atoms with Crippen molar-refractivity contribution in [2.45, 2.75) is 20.0 Å². The molecule has 0 N–H and O–H groups in total. The molecule has 0 saturated heterocycles. The van der Waals surface area contributed by atoms with Gasteiger partial charge in [-0.3, -0.25) is 0 Å². The van der Waals surface area contributed by atoms with Crippen molar-refractivity contribution in [1.29, 1.82) is 0 Å². The zero-order valence-electron chi connectivity index (χ0n) is 6.44. The van der Waals surface area contributed by atoms with Gasteiger partial charge in [0, 0.05) is 0 Å². The highest BCUT2D eigenvalue weighted by atomic mass is 35.7. The molecule has 1 aromatic heterocycles. The van der Waals surface area contributed by atoms with Gasteiger partial charge in [-0.1, -0.05) is 0 Å². The Labute approximate surface area is 111 Å². The second kappa shape index (κ2) is 5.52. The van der Waals surface area contributed by atoms with Crippen LogP contribution in [0.2, 0.25) is 0 Å². The number of furan rings is 1. The molecule has 0 bridgehead atoms. The molecule has 86 valence electrons. The summed E-state index contributed by atoms with van der Waals surface area (Å²) in [6, 6.07) is 0. The molecule has 1 heterocycles. The third-order valence-corrected chi connectivity index (χ3v) is 5.31. The zero-order chi connectivity index (χ0) is 11.7. The van der Waals surface area contributed by atoms with E-state index in [1.54, 1.807) is 0 Å². The van der Waals surface area contributed by atoms with Gasteiger partial charge in [-0.25, -0.2) is 12.6 Å². The molecule has 3 atom stereocenters. The molecular formula is C4HCl3O4S4. The van der Waals surface area contributed by atoms with Crippen LogP contribution in [0.5, 0.6) is 0 Å². The number of rotatable bonds is 3. The van der Waals surface area contributed by atoms with Gasteiger partial charge >= 0.3 is 0 Å². The van der Waals surface area contributed by atoms with Gasteiger partial charge < -0.3 is 4.42 Å². The van der Waals surface area contributed by atoms with Gasteiger partial charge in [-0.05, 0) is 32.0 Å². The Morgan fingerprint density at radius 1 is 0.933 bits per heavy atom. The van der Waals surface area contributed by atoms with E-state index in [-0.39, 0.29) is 20.0 Å². The molecule has 0 spiro atoms. The summed E-state index contributed by atoms with van der Waals surface area (Å²) in [4.78, 5) is -0.444. The summed E-state index contributed by atoms with van der Waals surface area (Å²) in [5.41, 5.74) is 0. The fraction of sp³-hybridized carbons (Fsp3) is 0. The van der Waals surface area contributed by atoms with E-state index in [0.717, 1.165) is 0 Å². The average Bonchev–Trinajstić information content (AvgIpc) is 2.42. The van der Waals surface area contributed by atoms with Crippen molar-refractivity contribution in [3.8, 4) is 0 Å². The molecule has 0 aliphatic heterocycles. The van der Waals surface area contributed by atoms with E-state index in [1.165, 1.54) is 0 Å². The highest BCUT2D eigenvalue weighted by molar-refractivity contribution is 8.12. The standard InChI is InChI=1S/C4HCl3O4S4/c5-13(8)1-2(14(6)9)4(15(7)10)11-3(1)12/h12H. The molecule has 0 saturated carbocycles. The molecule has 3 unspecified atom stereocenters. The molecule has 0 amide bonds. The van der Waals surface area contributed by atoms with E-state index in [0.29, 0.717) is 0 Å². The van der Waals surface area contributed by atoms with Gasteiger partial charge in [-0.2, -0.15) is 0 Å². The molecule has 0 fully saturated rings. The van der Waals surface area contributed by atoms with Crippen LogP contribution in [-0.2, 0) is 30.0 Å². The second-order valence-corrected chi connectivity index (χ2v) is 7.48. The number of halogens is 3. The molecule has 15 heavy (non-hydrogen) atoms. The first-order chi connectivity index (χ1) is 6.86. The second-order valence-electron chi connectivity index (χ2n) is 2.02. The first-order valence-electron chi connectivity index (χ1n) is 2.96. The topological polar surface area (TPSA) is 64.3 Å². The van der Waals surface area contributed by atoms with Crippen molar-refractivity contribution in [2.24, 2.45) is 0 Å². The first kappa shape index (κ1) is 14.0. The highest BCUT2D eigenvalue weighted by Gasteiger charge is 2.28. The molecule has 0 aliphatic rings. The van der Waals surface area contributed by atoms with E-state index >= 15 is 0 Å². The predicted octanol–water partition coefficient (Wildman–Crippen LogP) is 2.35. The number of thiol groups is 1. The maximum Gasteiger partial charge on any atom is 0.226 e. The summed E-state index contributed by atoms with van der Waals surface area (Å²) in [6.45, 7) is 0. The summed E-state index contributed by atoms with van der Waals surface area (Å²) >= 11 is 3.79. The lowest BCUT2D eigenvalue weighted by Crippen LogP contribution is -1.92. The fourth-order valence-corrected chi connectivity index (χ4v) is 5.46. The van der Waals surface area contributed by atoms with E-state index in [2.05, 4.69) is 12.6 Å². The molecule has 0 aromatic carbocycles. The van der Waals surface area contributed by atoms with Crippen LogP contribution in [-0.4, -0.2) is 12.6 Å². The molecular weight excluding hydrogens is 347 g/mol. The minimum atomic E-state index is -2.10. The summed E-state index contributed by atoms with van der Waals surface area (Å²) in [5.74, 6) is 0. The quantitative estimate of drug-likeness (QED) is 0.673. The van der Waals surface area contributed by atoms with Gasteiger partial charge in [-0.15, -0.1) is 12.6 Å². The van der Waals surface area contributed by atoms with E-state index in [1.807, 2.05) is 0 Å². The number of hydrogen-bond acceptors (Lipinski definition) is 5. The molecule has 0 aliphatic carbocycles. The Balaban J connectivity index is 3.59. The SMILES string of the molecule is O=S(Cl)c1oc(S)c(S(=O)Cl)c1S(=O)Cl. The third kappa shape index (κ3) is 2.99. The van der Waals surface area contributed by atoms with E-state index < -0.39 is 30.0 Å². The lowest BCUT2D eigenvalue weighted by Gasteiger charge is -1.93. The van der Waals surface area contributed by atoms with Gasteiger partial charge in [0.05, 0.1) is 0 Å². The van der Waals surface area contributed by atoms with Gasteiger partial charge in [0.15, 0.2) is 35.1 Å². The van der Waals surface area contributed by atoms with Crippen LogP contribution in [0.1, 0.15) is 0 Å². The van der Waals surface area contributed by atoms with Crippen LogP contribution >= 0.6 is 44.7 Å². The van der Waals surface area contributed by atoms with Crippen molar-refractivity contribution in [2.75, 3.05) is 0 Å². The number of hydrogen-bond donors (Lipinski definition) is 1. The van der Waals surface area contributed by atoms with Crippen molar-refractivity contribution >= 4 is 74.7 Å². The fourth-order valence-electron chi connectivity index (χ4n) is 0.756. The third-order valence-electron chi connectivity index (χ3n) is 1.24. The maximum atomic E-state index is 11.1. The van der Waals surface area contributed by atoms with Gasteiger partial charge in [0.1, 0.15) is 9.79 Å². The van der Waals surface area contributed by atoms with Crippen molar-refractivity contribution in [3.05, 3.63) is 0 Å². The largest absolute Gasteiger partial charge is 0.437 e. The predicted molar refractivity (Wildman–Crippen MR) is 62.7 cm³/mol. The molecule has 4 nitrogen and oxygen atoms in total. The maximum absolute atomic E-state index is 11.1. The molecule has 0 radical (unpaired) electrons. The minimum Gasteiger partial charge on any atom is -0.437 e. The van der Waals surface area contributed by atoms with Crippen LogP contribution < -0.4 is 0 Å². The molecule has 1 rings (SSSR count). The van der Waals surface area contributed by atoms with Crippen LogP contribution in [0.25, 0.3) is 0 Å². The van der Waals surface area contributed by atoms with Crippen molar-refractivity contribution < 1.29 is 17.0 Å². The Morgan fingerprint density at radius 3 is 1.73 bits per heavy atom. The van der Waals surface area contributed by atoms with Crippen LogP contribution in [0, 0.1) is 0 Å². The van der Waals surface area contributed by atoms with E-state index in [4.69, 9.17) is 36.5 Å². The summed E-state index contributed by atoms with van der Waals surface area (Å²) in [7, 11) is 9.65. The van der Waals surface area contributed by atoms with Crippen molar-refractivity contribution in [3.63, 3.8) is 0 Å². The van der Waals surface area contributed by atoms with E-state index in [9.17, 15) is 12.6 Å². The summed E-state index contributed by atoms with van der Waals surface area (Å²) in [5, 5.41) is -0.546. The Hall–Kier alpha value is 0.950. The normalized spacial score (nSPS) is 17.3. The van der Waals surface area contributed by atoms with Crippen molar-refractivity contribution in [1.82, 2.24) is 0 Å². The Kier molecular flexibility index (Phi) is 5.16. The summed E-state index contributed by atoms with van der Waals surface area (Å²) in [6.07, 6.45) is 0. The monoisotopic (exact) mass is 346 g/mol. The highest BCUT2D eigenvalue weighted by Crippen LogP contribution is 2.36. The smallest absolute Gasteiger partial charge is 0.226 e. The van der Waals surface area contributed by atoms with Crippen LogP contribution in [0.15, 0.2) is 24.4 Å². The lowest BCUT2D eigenvalue weighted by atomic mass is 10.6. The average molecular weight is 348 g/mol. The zero-order valence-corrected chi connectivity index (χ0v) is 12.1. The minimum absolute atomic E-state index is 0.183. The Bertz CT molecular complexity index is 469. The van der Waals surface area contributed by atoms with Gasteiger partial charge in [0.2, 0.25) is 5.09 Å². The van der Waals surface area contributed by atoms with Crippen LogP contribution in [0.3, 0.4) is 0 Å². The lowest BCUT2D eigenvalue weighted by molar-refractivity contribution is 0.381. The molecule has 11 heteroatoms. The molecule has 1 aromatic rings.